The molecule has 1 fully saturated rings. The lowest BCUT2D eigenvalue weighted by Gasteiger charge is -2.29. The van der Waals surface area contributed by atoms with E-state index in [1.807, 2.05) is 43.3 Å². The van der Waals surface area contributed by atoms with Gasteiger partial charge in [-0.15, -0.1) is 0 Å². The first-order valence-electron chi connectivity index (χ1n) is 11.4. The average Bonchev–Trinajstić information content (AvgIpc) is 3.13. The van der Waals surface area contributed by atoms with Gasteiger partial charge in [0.15, 0.2) is 0 Å². The third kappa shape index (κ3) is 4.82. The number of phenolic OH excluding ortho intramolecular Hbond substituents is 1. The number of anilines is 1. The van der Waals surface area contributed by atoms with Crippen LogP contribution in [0.3, 0.4) is 0 Å². The van der Waals surface area contributed by atoms with Gasteiger partial charge < -0.3 is 14.7 Å². The van der Waals surface area contributed by atoms with E-state index in [0.717, 1.165) is 48.7 Å². The highest BCUT2D eigenvalue weighted by molar-refractivity contribution is 5.65. The highest BCUT2D eigenvalue weighted by Crippen LogP contribution is 2.35. The fourth-order valence-electron chi connectivity index (χ4n) is 4.46. The zero-order valence-electron chi connectivity index (χ0n) is 19.8. The fraction of sp³-hybridized carbons (Fsp3) is 0.333. The molecular weight excluding hydrogens is 431 g/mol. The van der Waals surface area contributed by atoms with E-state index >= 15 is 0 Å². The second-order valence-electron chi connectivity index (χ2n) is 9.21. The summed E-state index contributed by atoms with van der Waals surface area (Å²) >= 11 is 0. The van der Waals surface area contributed by atoms with Gasteiger partial charge in [0.1, 0.15) is 23.4 Å². The standard InChI is InChI=1S/C27H29FN4O2/c1-19-25(10-7-21(15-29)26(19)33)31-17-27(2,3)32(18-31)13-4-14-34-22-8-5-20(6-9-22)23-11-12-30-16-24(23)28/h5-12,16,33H,4,13-14,17-18H2,1-3H3. The molecule has 1 aliphatic rings. The molecule has 6 nitrogen and oxygen atoms in total. The van der Waals surface area contributed by atoms with Gasteiger partial charge in [-0.2, -0.15) is 5.26 Å². The summed E-state index contributed by atoms with van der Waals surface area (Å²) in [5.41, 5.74) is 3.26. The minimum absolute atomic E-state index is 0.0355. The molecule has 1 saturated heterocycles. The van der Waals surface area contributed by atoms with Crippen molar-refractivity contribution in [1.29, 1.82) is 5.26 Å². The van der Waals surface area contributed by atoms with Gasteiger partial charge in [-0.1, -0.05) is 12.1 Å². The number of hydrogen-bond donors (Lipinski definition) is 1. The number of halogens is 1. The number of phenols is 1. The van der Waals surface area contributed by atoms with E-state index in [-0.39, 0.29) is 17.1 Å². The topological polar surface area (TPSA) is 72.6 Å². The first kappa shape index (κ1) is 23.5. The van der Waals surface area contributed by atoms with Crippen LogP contribution in [-0.4, -0.2) is 46.9 Å². The molecule has 0 unspecified atom stereocenters. The van der Waals surface area contributed by atoms with Gasteiger partial charge in [-0.3, -0.25) is 9.88 Å². The summed E-state index contributed by atoms with van der Waals surface area (Å²) < 4.78 is 19.8. The van der Waals surface area contributed by atoms with Crippen LogP contribution in [0.15, 0.2) is 54.9 Å². The van der Waals surface area contributed by atoms with Crippen molar-refractivity contribution >= 4 is 5.69 Å². The molecule has 7 heteroatoms. The Morgan fingerprint density at radius 3 is 2.65 bits per heavy atom. The van der Waals surface area contributed by atoms with Crippen molar-refractivity contribution in [2.24, 2.45) is 0 Å². The lowest BCUT2D eigenvalue weighted by Crippen LogP contribution is -2.41. The number of nitrogens with zero attached hydrogens (tertiary/aromatic N) is 4. The number of benzene rings is 2. The Morgan fingerprint density at radius 2 is 1.94 bits per heavy atom. The van der Waals surface area contributed by atoms with E-state index < -0.39 is 0 Å². The summed E-state index contributed by atoms with van der Waals surface area (Å²) in [5, 5.41) is 19.5. The summed E-state index contributed by atoms with van der Waals surface area (Å²) in [6, 6.07) is 14.7. The van der Waals surface area contributed by atoms with Crippen LogP contribution in [0.4, 0.5) is 10.1 Å². The number of ether oxygens (including phenoxy) is 1. The van der Waals surface area contributed by atoms with Gasteiger partial charge in [-0.05, 0) is 63.1 Å². The number of aromatic hydroxyl groups is 1. The number of pyridine rings is 1. The molecule has 2 heterocycles. The quantitative estimate of drug-likeness (QED) is 0.495. The SMILES string of the molecule is Cc1c(N2CN(CCCOc3ccc(-c4ccncc4F)cc3)C(C)(C)C2)ccc(C#N)c1O. The summed E-state index contributed by atoms with van der Waals surface area (Å²) in [4.78, 5) is 8.44. The fourth-order valence-corrected chi connectivity index (χ4v) is 4.46. The molecule has 176 valence electrons. The van der Waals surface area contributed by atoms with E-state index in [1.165, 1.54) is 6.20 Å². The predicted octanol–water partition coefficient (Wildman–Crippen LogP) is 5.10. The number of nitriles is 1. The van der Waals surface area contributed by atoms with Crippen molar-refractivity contribution in [3.63, 3.8) is 0 Å². The van der Waals surface area contributed by atoms with Gasteiger partial charge >= 0.3 is 0 Å². The molecule has 1 aromatic heterocycles. The van der Waals surface area contributed by atoms with Gasteiger partial charge in [0, 0.05) is 41.6 Å². The monoisotopic (exact) mass is 460 g/mol. The van der Waals surface area contributed by atoms with E-state index in [0.29, 0.717) is 17.7 Å². The Kier molecular flexibility index (Phi) is 6.71. The van der Waals surface area contributed by atoms with Crippen molar-refractivity contribution in [2.45, 2.75) is 32.7 Å². The van der Waals surface area contributed by atoms with Crippen molar-refractivity contribution in [3.8, 4) is 28.7 Å². The minimum atomic E-state index is -0.343. The zero-order chi connectivity index (χ0) is 24.3. The lowest BCUT2D eigenvalue weighted by molar-refractivity contribution is 0.168. The van der Waals surface area contributed by atoms with Crippen LogP contribution in [0.1, 0.15) is 31.4 Å². The Morgan fingerprint density at radius 1 is 1.18 bits per heavy atom. The molecular formula is C27H29FN4O2. The first-order chi connectivity index (χ1) is 16.3. The average molecular weight is 461 g/mol. The predicted molar refractivity (Wildman–Crippen MR) is 130 cm³/mol. The van der Waals surface area contributed by atoms with Gasteiger partial charge in [0.05, 0.1) is 25.0 Å². The normalized spacial score (nSPS) is 15.3. The van der Waals surface area contributed by atoms with E-state index in [9.17, 15) is 9.50 Å². The van der Waals surface area contributed by atoms with E-state index in [2.05, 4.69) is 28.6 Å². The van der Waals surface area contributed by atoms with Gasteiger partial charge in [-0.25, -0.2) is 4.39 Å². The highest BCUT2D eigenvalue weighted by atomic mass is 19.1. The molecule has 4 rings (SSSR count). The van der Waals surface area contributed by atoms with E-state index in [1.54, 1.807) is 18.3 Å². The maximum absolute atomic E-state index is 13.9. The molecule has 3 aromatic rings. The molecule has 0 aliphatic carbocycles. The Labute approximate surface area is 199 Å². The molecule has 2 aromatic carbocycles. The summed E-state index contributed by atoms with van der Waals surface area (Å²) in [6.45, 7) is 9.28. The van der Waals surface area contributed by atoms with Crippen LogP contribution in [-0.2, 0) is 0 Å². The molecule has 0 bridgehead atoms. The van der Waals surface area contributed by atoms with Crippen LogP contribution >= 0.6 is 0 Å². The minimum Gasteiger partial charge on any atom is -0.506 e. The van der Waals surface area contributed by atoms with Gasteiger partial charge in [0.25, 0.3) is 0 Å². The molecule has 34 heavy (non-hydrogen) atoms. The zero-order valence-corrected chi connectivity index (χ0v) is 19.8. The molecule has 0 spiro atoms. The van der Waals surface area contributed by atoms with Crippen molar-refractivity contribution in [1.82, 2.24) is 9.88 Å². The van der Waals surface area contributed by atoms with Crippen LogP contribution in [0.5, 0.6) is 11.5 Å². The summed E-state index contributed by atoms with van der Waals surface area (Å²) in [5.74, 6) is 0.469. The summed E-state index contributed by atoms with van der Waals surface area (Å²) in [7, 11) is 0. The molecule has 0 saturated carbocycles. The Bertz CT molecular complexity index is 1200. The molecule has 0 atom stereocenters. The largest absolute Gasteiger partial charge is 0.506 e. The molecule has 1 N–H and O–H groups in total. The van der Waals surface area contributed by atoms with Crippen molar-refractivity contribution < 1.29 is 14.2 Å². The Hall–Kier alpha value is -3.63. The summed E-state index contributed by atoms with van der Waals surface area (Å²) in [6.07, 6.45) is 3.65. The van der Waals surface area contributed by atoms with Crippen LogP contribution in [0.25, 0.3) is 11.1 Å². The van der Waals surface area contributed by atoms with E-state index in [4.69, 9.17) is 10.00 Å². The number of aromatic nitrogens is 1. The number of rotatable bonds is 7. The molecule has 0 radical (unpaired) electrons. The first-order valence-corrected chi connectivity index (χ1v) is 11.4. The van der Waals surface area contributed by atoms with Crippen LogP contribution in [0, 0.1) is 24.1 Å². The van der Waals surface area contributed by atoms with Crippen LogP contribution in [0.2, 0.25) is 0 Å². The van der Waals surface area contributed by atoms with Gasteiger partial charge in [0.2, 0.25) is 0 Å². The van der Waals surface area contributed by atoms with Crippen molar-refractivity contribution in [2.75, 3.05) is 31.3 Å². The maximum atomic E-state index is 13.9. The van der Waals surface area contributed by atoms with Crippen LogP contribution < -0.4 is 9.64 Å². The second kappa shape index (κ2) is 9.70. The second-order valence-corrected chi connectivity index (χ2v) is 9.21. The lowest BCUT2D eigenvalue weighted by atomic mass is 10.0. The third-order valence-corrected chi connectivity index (χ3v) is 6.42. The maximum Gasteiger partial charge on any atom is 0.149 e. The Balaban J connectivity index is 1.32. The molecule has 1 aliphatic heterocycles. The third-order valence-electron chi connectivity index (χ3n) is 6.42. The highest BCUT2D eigenvalue weighted by Gasteiger charge is 2.37. The molecule has 0 amide bonds. The van der Waals surface area contributed by atoms with Crippen molar-refractivity contribution in [3.05, 3.63) is 71.8 Å². The number of hydrogen-bond acceptors (Lipinski definition) is 6. The smallest absolute Gasteiger partial charge is 0.149 e.